The molecule has 0 bridgehead atoms. The highest BCUT2D eigenvalue weighted by atomic mass is 16.5. The molecule has 1 aromatic carbocycles. The minimum absolute atomic E-state index is 0.0475. The van der Waals surface area contributed by atoms with E-state index < -0.39 is 0 Å². The monoisotopic (exact) mass is 388 g/mol. The molecule has 0 saturated carbocycles. The third-order valence-corrected chi connectivity index (χ3v) is 6.47. The van der Waals surface area contributed by atoms with E-state index in [1.54, 1.807) is 7.11 Å². The molecule has 6 heteroatoms. The first-order valence-corrected chi connectivity index (χ1v) is 10.5. The van der Waals surface area contributed by atoms with Crippen LogP contribution < -0.4 is 10.1 Å². The topological polar surface area (TPSA) is 60.0 Å². The van der Waals surface area contributed by atoms with Crippen LogP contribution in [0, 0.1) is 5.92 Å². The molecule has 3 aliphatic rings. The highest BCUT2D eigenvalue weighted by Crippen LogP contribution is 2.37. The molecule has 3 fully saturated rings. The lowest BCUT2D eigenvalue weighted by Gasteiger charge is -2.43. The number of rotatable bonds is 3. The largest absolute Gasteiger partial charge is 0.497 e. The predicted octanol–water partition coefficient (Wildman–Crippen LogP) is 3.52. The molecule has 6 nitrogen and oxygen atoms in total. The zero-order valence-electron chi connectivity index (χ0n) is 17.0. The lowest BCUT2D eigenvalue weighted by molar-refractivity contribution is -0.139. The fourth-order valence-electron chi connectivity index (χ4n) is 4.94. The minimum Gasteiger partial charge on any atom is -0.497 e. The number of carbonyl (C=O) groups is 1. The summed E-state index contributed by atoms with van der Waals surface area (Å²) in [5.74, 6) is 1.32. The molecule has 1 aromatic rings. The van der Waals surface area contributed by atoms with Crippen LogP contribution in [0.2, 0.25) is 0 Å². The Morgan fingerprint density at radius 1 is 1.29 bits per heavy atom. The Labute approximate surface area is 167 Å². The van der Waals surface area contributed by atoms with E-state index in [0.717, 1.165) is 63.2 Å². The average molecular weight is 389 g/mol. The normalized spacial score (nSPS) is 29.6. The number of methoxy groups -OCH3 is 1. The molecule has 28 heavy (non-hydrogen) atoms. The van der Waals surface area contributed by atoms with Crippen LogP contribution in [0.25, 0.3) is 0 Å². The molecule has 3 unspecified atom stereocenters. The Morgan fingerprint density at radius 2 is 2.11 bits per heavy atom. The summed E-state index contributed by atoms with van der Waals surface area (Å²) in [5.41, 5.74) is 1.03. The summed E-state index contributed by atoms with van der Waals surface area (Å²) in [6.45, 7) is 5.22. The Bertz CT molecular complexity index is 683. The number of nitrogens with one attached hydrogen (secondary N) is 1. The molecule has 4 rings (SSSR count). The summed E-state index contributed by atoms with van der Waals surface area (Å²) in [6.07, 6.45) is 4.59. The van der Waals surface area contributed by atoms with E-state index in [9.17, 15) is 4.79 Å². The summed E-state index contributed by atoms with van der Waals surface area (Å²) in [6, 6.07) is 8.41. The standard InChI is InChI=1S/C22H32N2O4/c1-16-12-20(17-4-3-5-19(13-17)26-2)24(15-16)21(25)23-18-6-9-28-22(14-18)7-10-27-11-8-22/h3-5,13,16,18,20H,6-12,14-15H2,1-2H3,(H,23,25). The Kier molecular flexibility index (Phi) is 5.78. The van der Waals surface area contributed by atoms with Gasteiger partial charge in [0.25, 0.3) is 0 Å². The van der Waals surface area contributed by atoms with Crippen molar-refractivity contribution >= 4 is 6.03 Å². The molecule has 154 valence electrons. The number of hydrogen-bond acceptors (Lipinski definition) is 4. The lowest BCUT2D eigenvalue weighted by atomic mass is 9.84. The van der Waals surface area contributed by atoms with Crippen molar-refractivity contribution in [2.24, 2.45) is 5.92 Å². The molecular weight excluding hydrogens is 356 g/mol. The lowest BCUT2D eigenvalue weighted by Crippen LogP contribution is -2.53. The molecular formula is C22H32N2O4. The molecule has 3 aliphatic heterocycles. The Morgan fingerprint density at radius 3 is 2.89 bits per heavy atom. The van der Waals surface area contributed by atoms with Crippen LogP contribution in [0.5, 0.6) is 5.75 Å². The first kappa shape index (κ1) is 19.5. The zero-order valence-corrected chi connectivity index (χ0v) is 17.0. The van der Waals surface area contributed by atoms with Crippen LogP contribution in [0.3, 0.4) is 0 Å². The first-order valence-electron chi connectivity index (χ1n) is 10.5. The van der Waals surface area contributed by atoms with Crippen molar-refractivity contribution in [3.63, 3.8) is 0 Å². The maximum Gasteiger partial charge on any atom is 0.318 e. The van der Waals surface area contributed by atoms with Crippen LogP contribution >= 0.6 is 0 Å². The van der Waals surface area contributed by atoms with Crippen molar-refractivity contribution in [3.05, 3.63) is 29.8 Å². The van der Waals surface area contributed by atoms with Gasteiger partial charge in [-0.3, -0.25) is 0 Å². The van der Waals surface area contributed by atoms with Gasteiger partial charge < -0.3 is 24.4 Å². The Balaban J connectivity index is 1.44. The molecule has 1 spiro atoms. The van der Waals surface area contributed by atoms with Crippen molar-refractivity contribution in [1.29, 1.82) is 0 Å². The van der Waals surface area contributed by atoms with Gasteiger partial charge in [-0.05, 0) is 55.7 Å². The number of urea groups is 1. The second-order valence-corrected chi connectivity index (χ2v) is 8.57. The van der Waals surface area contributed by atoms with Gasteiger partial charge in [-0.15, -0.1) is 0 Å². The van der Waals surface area contributed by atoms with Gasteiger partial charge in [0, 0.05) is 32.4 Å². The van der Waals surface area contributed by atoms with Crippen LogP contribution in [0.4, 0.5) is 4.79 Å². The van der Waals surface area contributed by atoms with Gasteiger partial charge in [0.1, 0.15) is 5.75 Å². The number of hydrogen-bond donors (Lipinski definition) is 1. The summed E-state index contributed by atoms with van der Waals surface area (Å²) < 4.78 is 17.0. The molecule has 0 radical (unpaired) electrons. The van der Waals surface area contributed by atoms with Gasteiger partial charge in [-0.1, -0.05) is 19.1 Å². The van der Waals surface area contributed by atoms with Crippen LogP contribution in [0.15, 0.2) is 24.3 Å². The third kappa shape index (κ3) is 4.13. The first-order chi connectivity index (χ1) is 13.6. The number of ether oxygens (including phenoxy) is 3. The number of amides is 2. The van der Waals surface area contributed by atoms with E-state index >= 15 is 0 Å². The number of carbonyl (C=O) groups excluding carboxylic acids is 1. The van der Waals surface area contributed by atoms with Gasteiger partial charge in [0.15, 0.2) is 0 Å². The quantitative estimate of drug-likeness (QED) is 0.861. The van der Waals surface area contributed by atoms with Gasteiger partial charge in [-0.2, -0.15) is 0 Å². The van der Waals surface area contributed by atoms with Crippen molar-refractivity contribution in [1.82, 2.24) is 10.2 Å². The van der Waals surface area contributed by atoms with E-state index in [4.69, 9.17) is 14.2 Å². The highest BCUT2D eigenvalue weighted by molar-refractivity contribution is 5.75. The van der Waals surface area contributed by atoms with E-state index in [0.29, 0.717) is 12.5 Å². The van der Waals surface area contributed by atoms with Crippen molar-refractivity contribution < 1.29 is 19.0 Å². The molecule has 3 atom stereocenters. The van der Waals surface area contributed by atoms with E-state index in [1.807, 2.05) is 17.0 Å². The number of nitrogens with zero attached hydrogens (tertiary/aromatic N) is 1. The number of likely N-dealkylation sites (tertiary alicyclic amines) is 1. The fourth-order valence-corrected chi connectivity index (χ4v) is 4.94. The van der Waals surface area contributed by atoms with E-state index in [-0.39, 0.29) is 23.7 Å². The van der Waals surface area contributed by atoms with Crippen molar-refractivity contribution in [2.75, 3.05) is 33.5 Å². The zero-order chi connectivity index (χ0) is 19.6. The maximum absolute atomic E-state index is 13.2. The van der Waals surface area contributed by atoms with Gasteiger partial charge >= 0.3 is 6.03 Å². The van der Waals surface area contributed by atoms with E-state index in [1.165, 1.54) is 0 Å². The molecule has 0 aliphatic carbocycles. The molecule has 0 aromatic heterocycles. The van der Waals surface area contributed by atoms with Crippen LogP contribution in [-0.2, 0) is 9.47 Å². The smallest absolute Gasteiger partial charge is 0.318 e. The molecule has 3 saturated heterocycles. The predicted molar refractivity (Wildman–Crippen MR) is 107 cm³/mol. The summed E-state index contributed by atoms with van der Waals surface area (Å²) >= 11 is 0. The molecule has 2 amide bonds. The fraction of sp³-hybridized carbons (Fsp3) is 0.682. The minimum atomic E-state index is -0.112. The van der Waals surface area contributed by atoms with Crippen molar-refractivity contribution in [2.45, 2.75) is 56.7 Å². The summed E-state index contributed by atoms with van der Waals surface area (Å²) in [5, 5.41) is 3.32. The SMILES string of the molecule is COc1cccc(C2CC(C)CN2C(=O)NC2CCOC3(CCOCC3)C2)c1. The third-order valence-electron chi connectivity index (χ3n) is 6.47. The summed E-state index contributed by atoms with van der Waals surface area (Å²) in [4.78, 5) is 15.2. The van der Waals surface area contributed by atoms with Gasteiger partial charge in [0.05, 0.1) is 18.8 Å². The van der Waals surface area contributed by atoms with Crippen LogP contribution in [0.1, 0.15) is 50.6 Å². The van der Waals surface area contributed by atoms with Crippen LogP contribution in [-0.4, -0.2) is 56.0 Å². The van der Waals surface area contributed by atoms with Gasteiger partial charge in [-0.25, -0.2) is 4.79 Å². The van der Waals surface area contributed by atoms with Crippen molar-refractivity contribution in [3.8, 4) is 5.75 Å². The van der Waals surface area contributed by atoms with E-state index in [2.05, 4.69) is 24.4 Å². The second kappa shape index (κ2) is 8.29. The number of benzene rings is 1. The molecule has 1 N–H and O–H groups in total. The summed E-state index contributed by atoms with van der Waals surface area (Å²) in [7, 11) is 1.68. The molecule has 3 heterocycles. The maximum atomic E-state index is 13.2. The highest BCUT2D eigenvalue weighted by Gasteiger charge is 2.41. The average Bonchev–Trinajstić information content (AvgIpc) is 3.11. The second-order valence-electron chi connectivity index (χ2n) is 8.57. The van der Waals surface area contributed by atoms with Gasteiger partial charge in [0.2, 0.25) is 0 Å². The Hall–Kier alpha value is -1.79.